The first kappa shape index (κ1) is 8.29. The van der Waals surface area contributed by atoms with Crippen molar-refractivity contribution in [2.24, 2.45) is 0 Å². The van der Waals surface area contributed by atoms with Crippen molar-refractivity contribution >= 4 is 0 Å². The summed E-state index contributed by atoms with van der Waals surface area (Å²) in [6, 6.07) is 2.07. The molecular formula is C9H13NO. The van der Waals surface area contributed by atoms with E-state index in [4.69, 9.17) is 10.00 Å². The average Bonchev–Trinajstić information content (AvgIpc) is 2.07. The minimum Gasteiger partial charge on any atom is -0.381 e. The lowest BCUT2D eigenvalue weighted by molar-refractivity contribution is 0.0802. The van der Waals surface area contributed by atoms with Crippen molar-refractivity contribution in [1.82, 2.24) is 0 Å². The monoisotopic (exact) mass is 151 g/mol. The number of ether oxygens (including phenoxy) is 1. The predicted octanol–water partition coefficient (Wildman–Crippen LogP) is 2.03. The number of hydrogen-bond donors (Lipinski definition) is 0. The Morgan fingerprint density at radius 3 is 2.64 bits per heavy atom. The van der Waals surface area contributed by atoms with Crippen LogP contribution in [0, 0.1) is 11.3 Å². The second kappa shape index (κ2) is 4.15. The van der Waals surface area contributed by atoms with Crippen molar-refractivity contribution in [3.63, 3.8) is 0 Å². The molecule has 0 bridgehead atoms. The van der Waals surface area contributed by atoms with E-state index in [0.717, 1.165) is 25.7 Å². The van der Waals surface area contributed by atoms with Gasteiger partial charge in [-0.15, -0.1) is 0 Å². The Morgan fingerprint density at radius 2 is 2.18 bits per heavy atom. The number of allylic oxidation sites excluding steroid dienone is 2. The molecule has 0 heterocycles. The number of methoxy groups -OCH3 is 1. The van der Waals surface area contributed by atoms with Crippen LogP contribution in [-0.4, -0.2) is 13.2 Å². The molecule has 0 spiro atoms. The van der Waals surface area contributed by atoms with Gasteiger partial charge < -0.3 is 4.74 Å². The van der Waals surface area contributed by atoms with Crippen molar-refractivity contribution < 1.29 is 4.74 Å². The van der Waals surface area contributed by atoms with Crippen LogP contribution in [0.4, 0.5) is 0 Å². The van der Waals surface area contributed by atoms with Crippen molar-refractivity contribution in [3.05, 3.63) is 11.6 Å². The van der Waals surface area contributed by atoms with E-state index in [9.17, 15) is 0 Å². The summed E-state index contributed by atoms with van der Waals surface area (Å²) in [5.74, 6) is 0. The van der Waals surface area contributed by atoms with Crippen LogP contribution in [0.5, 0.6) is 0 Å². The lowest BCUT2D eigenvalue weighted by Crippen LogP contribution is -2.15. The molecule has 0 saturated heterocycles. The van der Waals surface area contributed by atoms with Gasteiger partial charge in [0.2, 0.25) is 0 Å². The fourth-order valence-corrected chi connectivity index (χ4v) is 1.43. The molecule has 1 saturated carbocycles. The molecule has 11 heavy (non-hydrogen) atoms. The molecule has 0 amide bonds. The molecule has 0 radical (unpaired) electrons. The summed E-state index contributed by atoms with van der Waals surface area (Å²) >= 11 is 0. The van der Waals surface area contributed by atoms with E-state index in [1.165, 1.54) is 5.57 Å². The van der Waals surface area contributed by atoms with Crippen LogP contribution in [0.1, 0.15) is 25.7 Å². The molecular weight excluding hydrogens is 138 g/mol. The smallest absolute Gasteiger partial charge is 0.0911 e. The SMILES string of the molecule is COC1CCC(=CC#N)CC1. The van der Waals surface area contributed by atoms with Gasteiger partial charge in [0.05, 0.1) is 12.2 Å². The summed E-state index contributed by atoms with van der Waals surface area (Å²) in [7, 11) is 1.75. The standard InChI is InChI=1S/C9H13NO/c1-11-9-4-2-8(3-5-9)6-7-10/h6,9H,2-5H2,1H3. The minimum absolute atomic E-state index is 0.422. The highest BCUT2D eigenvalue weighted by atomic mass is 16.5. The summed E-state index contributed by atoms with van der Waals surface area (Å²) in [6.45, 7) is 0. The molecule has 0 unspecified atom stereocenters. The van der Waals surface area contributed by atoms with Gasteiger partial charge in [0, 0.05) is 13.2 Å². The third-order valence-corrected chi connectivity index (χ3v) is 2.18. The van der Waals surface area contributed by atoms with E-state index in [0.29, 0.717) is 6.10 Å². The normalized spacial score (nSPS) is 24.4. The van der Waals surface area contributed by atoms with Gasteiger partial charge in [-0.3, -0.25) is 0 Å². The molecule has 1 aliphatic rings. The zero-order valence-corrected chi connectivity index (χ0v) is 6.84. The van der Waals surface area contributed by atoms with Crippen LogP contribution < -0.4 is 0 Å². The first-order valence-corrected chi connectivity index (χ1v) is 3.97. The quantitative estimate of drug-likeness (QED) is 0.537. The summed E-state index contributed by atoms with van der Waals surface area (Å²) in [5, 5.41) is 8.38. The van der Waals surface area contributed by atoms with Gasteiger partial charge >= 0.3 is 0 Å². The van der Waals surface area contributed by atoms with Crippen LogP contribution in [-0.2, 0) is 4.74 Å². The number of hydrogen-bond acceptors (Lipinski definition) is 2. The molecule has 0 aromatic heterocycles. The fraction of sp³-hybridized carbons (Fsp3) is 0.667. The van der Waals surface area contributed by atoms with Gasteiger partial charge in [0.15, 0.2) is 0 Å². The van der Waals surface area contributed by atoms with Crippen LogP contribution in [0.3, 0.4) is 0 Å². The van der Waals surface area contributed by atoms with E-state index < -0.39 is 0 Å². The van der Waals surface area contributed by atoms with Crippen molar-refractivity contribution in [3.8, 4) is 6.07 Å². The first-order valence-electron chi connectivity index (χ1n) is 3.97. The van der Waals surface area contributed by atoms with Gasteiger partial charge in [0.25, 0.3) is 0 Å². The summed E-state index contributed by atoms with van der Waals surface area (Å²) in [5.41, 5.74) is 1.28. The van der Waals surface area contributed by atoms with E-state index in [-0.39, 0.29) is 0 Å². The third-order valence-electron chi connectivity index (χ3n) is 2.18. The highest BCUT2D eigenvalue weighted by molar-refractivity contribution is 5.15. The largest absolute Gasteiger partial charge is 0.381 e. The molecule has 60 valence electrons. The van der Waals surface area contributed by atoms with Gasteiger partial charge in [0.1, 0.15) is 0 Å². The van der Waals surface area contributed by atoms with Crippen molar-refractivity contribution in [1.29, 1.82) is 5.26 Å². The Kier molecular flexibility index (Phi) is 3.13. The number of nitriles is 1. The second-order valence-electron chi connectivity index (χ2n) is 2.87. The summed E-state index contributed by atoms with van der Waals surface area (Å²) < 4.78 is 5.21. The molecule has 1 aliphatic carbocycles. The first-order chi connectivity index (χ1) is 5.36. The van der Waals surface area contributed by atoms with E-state index in [1.54, 1.807) is 13.2 Å². The van der Waals surface area contributed by atoms with Gasteiger partial charge in [-0.1, -0.05) is 5.57 Å². The summed E-state index contributed by atoms with van der Waals surface area (Å²) in [6.07, 6.45) is 6.31. The highest BCUT2D eigenvalue weighted by Gasteiger charge is 2.14. The zero-order chi connectivity index (χ0) is 8.10. The Hall–Kier alpha value is -0.810. The predicted molar refractivity (Wildman–Crippen MR) is 43.0 cm³/mol. The maximum absolute atomic E-state index is 8.38. The second-order valence-corrected chi connectivity index (χ2v) is 2.87. The Morgan fingerprint density at radius 1 is 1.55 bits per heavy atom. The molecule has 0 aromatic carbocycles. The van der Waals surface area contributed by atoms with Crippen molar-refractivity contribution in [2.45, 2.75) is 31.8 Å². The molecule has 0 atom stereocenters. The fourth-order valence-electron chi connectivity index (χ4n) is 1.43. The lowest BCUT2D eigenvalue weighted by atomic mass is 9.92. The molecule has 0 aliphatic heterocycles. The minimum atomic E-state index is 0.422. The highest BCUT2D eigenvalue weighted by Crippen LogP contribution is 2.24. The third kappa shape index (κ3) is 2.36. The van der Waals surface area contributed by atoms with Crippen LogP contribution in [0.2, 0.25) is 0 Å². The van der Waals surface area contributed by atoms with Crippen molar-refractivity contribution in [2.75, 3.05) is 7.11 Å². The molecule has 0 aromatic rings. The van der Waals surface area contributed by atoms with Gasteiger partial charge in [-0.05, 0) is 25.7 Å². The van der Waals surface area contributed by atoms with E-state index >= 15 is 0 Å². The zero-order valence-electron chi connectivity index (χ0n) is 6.84. The molecule has 1 rings (SSSR count). The maximum atomic E-state index is 8.38. The van der Waals surface area contributed by atoms with E-state index in [2.05, 4.69) is 6.07 Å². The van der Waals surface area contributed by atoms with Gasteiger partial charge in [-0.2, -0.15) is 5.26 Å². The molecule has 1 fully saturated rings. The molecule has 2 nitrogen and oxygen atoms in total. The number of rotatable bonds is 1. The molecule has 2 heteroatoms. The maximum Gasteiger partial charge on any atom is 0.0911 e. The average molecular weight is 151 g/mol. The topological polar surface area (TPSA) is 33.0 Å². The lowest BCUT2D eigenvalue weighted by Gasteiger charge is -2.21. The van der Waals surface area contributed by atoms with Crippen LogP contribution >= 0.6 is 0 Å². The van der Waals surface area contributed by atoms with Gasteiger partial charge in [-0.25, -0.2) is 0 Å². The molecule has 0 N–H and O–H groups in total. The summed E-state index contributed by atoms with van der Waals surface area (Å²) in [4.78, 5) is 0. The number of nitrogens with zero attached hydrogens (tertiary/aromatic N) is 1. The Labute approximate surface area is 67.5 Å². The van der Waals surface area contributed by atoms with E-state index in [1.807, 2.05) is 0 Å². The Bertz CT molecular complexity index is 180. The van der Waals surface area contributed by atoms with Crippen LogP contribution in [0.15, 0.2) is 11.6 Å². The van der Waals surface area contributed by atoms with Crippen LogP contribution in [0.25, 0.3) is 0 Å². The Balaban J connectivity index is 2.37.